The van der Waals surface area contributed by atoms with E-state index < -0.39 is 34.3 Å². The largest absolute Gasteiger partial charge is 0.354 e. The minimum Gasteiger partial charge on any atom is -0.354 e. The highest BCUT2D eigenvalue weighted by molar-refractivity contribution is 7.92. The summed E-state index contributed by atoms with van der Waals surface area (Å²) in [4.78, 5) is 28.0. The van der Waals surface area contributed by atoms with E-state index in [0.29, 0.717) is 22.2 Å². The molecule has 0 radical (unpaired) electrons. The molecule has 1 unspecified atom stereocenters. The van der Waals surface area contributed by atoms with Crippen molar-refractivity contribution in [3.05, 3.63) is 94.2 Å². The van der Waals surface area contributed by atoms with E-state index in [0.717, 1.165) is 29.3 Å². The first kappa shape index (κ1) is 30.4. The molecule has 2 amide bonds. The van der Waals surface area contributed by atoms with E-state index >= 15 is 0 Å². The Hall–Kier alpha value is -3.14. The Morgan fingerprint density at radius 1 is 1.00 bits per heavy atom. The number of nitrogens with zero attached hydrogens (tertiary/aromatic N) is 2. The van der Waals surface area contributed by atoms with Crippen LogP contribution in [0.25, 0.3) is 0 Å². The van der Waals surface area contributed by atoms with Crippen molar-refractivity contribution in [2.24, 2.45) is 0 Å². The summed E-state index contributed by atoms with van der Waals surface area (Å²) in [6, 6.07) is 16.2. The maximum absolute atomic E-state index is 13.8. The lowest BCUT2D eigenvalue weighted by atomic mass is 10.1. The first-order valence-corrected chi connectivity index (χ1v) is 14.6. The number of halogens is 3. The fraction of sp³-hybridized carbons (Fsp3) is 0.286. The number of unbranched alkanes of at least 4 members (excludes halogenated alkanes) is 1. The van der Waals surface area contributed by atoms with Crippen molar-refractivity contribution >= 4 is 50.7 Å². The van der Waals surface area contributed by atoms with Gasteiger partial charge < -0.3 is 10.2 Å². The van der Waals surface area contributed by atoms with Gasteiger partial charge in [-0.15, -0.1) is 0 Å². The third kappa shape index (κ3) is 7.94. The van der Waals surface area contributed by atoms with Crippen LogP contribution in [-0.2, 0) is 26.2 Å². The Bertz CT molecular complexity index is 1390. The molecule has 3 aromatic rings. The third-order valence-corrected chi connectivity index (χ3v) is 8.45. The molecule has 3 rings (SSSR count). The SMILES string of the molecule is CCCCNC(=O)C(C)N(Cc1ccc(Cl)cc1Cl)C(=O)CN(c1ccc(F)cc1)S(=O)(=O)c1ccccc1. The first-order valence-electron chi connectivity index (χ1n) is 12.4. The number of carbonyl (C=O) groups excluding carboxylic acids is 2. The molecule has 1 atom stereocenters. The highest BCUT2D eigenvalue weighted by Gasteiger charge is 2.32. The van der Waals surface area contributed by atoms with E-state index in [1.165, 1.54) is 35.2 Å². The number of anilines is 1. The quantitative estimate of drug-likeness (QED) is 0.274. The second-order valence-corrected chi connectivity index (χ2v) is 11.6. The van der Waals surface area contributed by atoms with Crippen LogP contribution in [0, 0.1) is 5.82 Å². The van der Waals surface area contributed by atoms with E-state index in [1.807, 2.05) is 6.92 Å². The molecule has 0 aromatic heterocycles. The number of carbonyl (C=O) groups is 2. The van der Waals surface area contributed by atoms with Crippen LogP contribution in [0.2, 0.25) is 10.0 Å². The summed E-state index contributed by atoms with van der Waals surface area (Å²) in [7, 11) is -4.23. The van der Waals surface area contributed by atoms with Gasteiger partial charge in [0.25, 0.3) is 10.0 Å². The molecule has 0 heterocycles. The van der Waals surface area contributed by atoms with Gasteiger partial charge in [-0.1, -0.05) is 60.8 Å². The summed E-state index contributed by atoms with van der Waals surface area (Å²) >= 11 is 12.4. The lowest BCUT2D eigenvalue weighted by molar-refractivity contribution is -0.139. The summed E-state index contributed by atoms with van der Waals surface area (Å²) in [6.07, 6.45) is 1.64. The Balaban J connectivity index is 2.00. The molecule has 11 heteroatoms. The zero-order valence-electron chi connectivity index (χ0n) is 21.6. The summed E-state index contributed by atoms with van der Waals surface area (Å²) in [5, 5.41) is 3.52. The highest BCUT2D eigenvalue weighted by Crippen LogP contribution is 2.26. The minimum absolute atomic E-state index is 0.0419. The maximum atomic E-state index is 13.8. The molecule has 0 bridgehead atoms. The average Bonchev–Trinajstić information content (AvgIpc) is 2.92. The van der Waals surface area contributed by atoms with E-state index in [4.69, 9.17) is 23.2 Å². The number of amides is 2. The number of hydrogen-bond donors (Lipinski definition) is 1. The predicted molar refractivity (Wildman–Crippen MR) is 152 cm³/mol. The molecule has 3 aromatic carbocycles. The Morgan fingerprint density at radius 3 is 2.28 bits per heavy atom. The summed E-state index contributed by atoms with van der Waals surface area (Å²) in [5.74, 6) is -1.59. The average molecular weight is 595 g/mol. The number of sulfonamides is 1. The smallest absolute Gasteiger partial charge is 0.264 e. The molecule has 39 heavy (non-hydrogen) atoms. The van der Waals surface area contributed by atoms with E-state index in [-0.39, 0.29) is 23.0 Å². The van der Waals surface area contributed by atoms with Crippen LogP contribution in [0.1, 0.15) is 32.3 Å². The van der Waals surface area contributed by atoms with Crippen molar-refractivity contribution in [2.75, 3.05) is 17.4 Å². The van der Waals surface area contributed by atoms with Crippen LogP contribution < -0.4 is 9.62 Å². The Morgan fingerprint density at radius 2 is 1.67 bits per heavy atom. The normalized spacial score (nSPS) is 12.0. The fourth-order valence-corrected chi connectivity index (χ4v) is 5.71. The molecule has 0 aliphatic rings. The van der Waals surface area contributed by atoms with E-state index in [9.17, 15) is 22.4 Å². The summed E-state index contributed by atoms with van der Waals surface area (Å²) in [5.41, 5.74) is 0.625. The van der Waals surface area contributed by atoms with Crippen LogP contribution in [0.15, 0.2) is 77.7 Å². The van der Waals surface area contributed by atoms with Gasteiger partial charge in [-0.3, -0.25) is 13.9 Å². The van der Waals surface area contributed by atoms with Crippen LogP contribution in [0.3, 0.4) is 0 Å². The summed E-state index contributed by atoms with van der Waals surface area (Å²) < 4.78 is 41.9. The molecule has 0 saturated heterocycles. The molecule has 0 aliphatic heterocycles. The molecule has 7 nitrogen and oxygen atoms in total. The number of rotatable bonds is 12. The minimum atomic E-state index is -4.23. The van der Waals surface area contributed by atoms with Gasteiger partial charge in [-0.2, -0.15) is 0 Å². The topological polar surface area (TPSA) is 86.8 Å². The number of nitrogens with one attached hydrogen (secondary N) is 1. The van der Waals surface area contributed by atoms with Gasteiger partial charge in [0.2, 0.25) is 11.8 Å². The second kappa shape index (κ2) is 13.8. The molecule has 0 saturated carbocycles. The van der Waals surface area contributed by atoms with Crippen molar-refractivity contribution in [3.8, 4) is 0 Å². The molecular weight excluding hydrogens is 564 g/mol. The Kier molecular flexibility index (Phi) is 10.7. The van der Waals surface area contributed by atoms with Crippen molar-refractivity contribution in [2.45, 2.75) is 44.2 Å². The van der Waals surface area contributed by atoms with Crippen molar-refractivity contribution in [1.29, 1.82) is 0 Å². The van der Waals surface area contributed by atoms with Crippen LogP contribution in [0.4, 0.5) is 10.1 Å². The molecular formula is C28H30Cl2FN3O4S. The Labute approximate surface area is 238 Å². The second-order valence-electron chi connectivity index (χ2n) is 8.88. The summed E-state index contributed by atoms with van der Waals surface area (Å²) in [6.45, 7) is 3.29. The van der Waals surface area contributed by atoms with E-state index in [2.05, 4.69) is 5.32 Å². The van der Waals surface area contributed by atoms with Gasteiger partial charge in [0.1, 0.15) is 18.4 Å². The van der Waals surface area contributed by atoms with Crippen LogP contribution in [-0.4, -0.2) is 44.3 Å². The zero-order chi connectivity index (χ0) is 28.6. The zero-order valence-corrected chi connectivity index (χ0v) is 23.9. The number of benzene rings is 3. The lowest BCUT2D eigenvalue weighted by Gasteiger charge is -2.32. The van der Waals surface area contributed by atoms with Crippen molar-refractivity contribution in [1.82, 2.24) is 10.2 Å². The fourth-order valence-electron chi connectivity index (χ4n) is 3.81. The van der Waals surface area contributed by atoms with Gasteiger partial charge in [-0.25, -0.2) is 12.8 Å². The van der Waals surface area contributed by atoms with Crippen LogP contribution in [0.5, 0.6) is 0 Å². The lowest BCUT2D eigenvalue weighted by Crippen LogP contribution is -2.51. The van der Waals surface area contributed by atoms with Gasteiger partial charge in [-0.05, 0) is 67.4 Å². The maximum Gasteiger partial charge on any atom is 0.264 e. The van der Waals surface area contributed by atoms with E-state index in [1.54, 1.807) is 37.3 Å². The first-order chi connectivity index (χ1) is 18.5. The van der Waals surface area contributed by atoms with Gasteiger partial charge in [0.05, 0.1) is 10.6 Å². The third-order valence-electron chi connectivity index (χ3n) is 6.08. The molecule has 0 fully saturated rings. The van der Waals surface area contributed by atoms with Crippen molar-refractivity contribution < 1.29 is 22.4 Å². The molecule has 0 spiro atoms. The number of hydrogen-bond acceptors (Lipinski definition) is 4. The van der Waals surface area contributed by atoms with Crippen molar-refractivity contribution in [3.63, 3.8) is 0 Å². The van der Waals surface area contributed by atoms with Gasteiger partial charge in [0, 0.05) is 23.1 Å². The predicted octanol–water partition coefficient (Wildman–Crippen LogP) is 5.66. The molecule has 0 aliphatic carbocycles. The van der Waals surface area contributed by atoms with Gasteiger partial charge >= 0.3 is 0 Å². The monoisotopic (exact) mass is 593 g/mol. The molecule has 1 N–H and O–H groups in total. The van der Waals surface area contributed by atoms with Gasteiger partial charge in [0.15, 0.2) is 0 Å². The van der Waals surface area contributed by atoms with Crippen LogP contribution >= 0.6 is 23.2 Å². The highest BCUT2D eigenvalue weighted by atomic mass is 35.5. The molecule has 208 valence electrons. The standard InChI is InChI=1S/C28H30Cl2FN3O4S/c1-3-4-16-32-28(36)20(2)33(18-21-10-11-22(29)17-26(21)30)27(35)19-34(24-14-12-23(31)13-15-24)39(37,38)25-8-6-5-7-9-25/h5-15,17,20H,3-4,16,18-19H2,1-2H3,(H,32,36).